The van der Waals surface area contributed by atoms with E-state index < -0.39 is 0 Å². The summed E-state index contributed by atoms with van der Waals surface area (Å²) in [6.07, 6.45) is 1.69. The molecule has 0 aliphatic carbocycles. The maximum atomic E-state index is 12.3. The van der Waals surface area contributed by atoms with E-state index in [1.54, 1.807) is 38.3 Å². The minimum Gasteiger partial charge on any atom is -0.493 e. The molecular formula is C20H16Cl2INO4S. The lowest BCUT2D eigenvalue weighted by Gasteiger charge is -2.14. The maximum absolute atomic E-state index is 12.3. The number of rotatable bonds is 6. The molecule has 1 saturated heterocycles. The van der Waals surface area contributed by atoms with Crippen LogP contribution >= 0.6 is 57.6 Å². The van der Waals surface area contributed by atoms with Crippen molar-refractivity contribution in [1.29, 1.82) is 0 Å². The van der Waals surface area contributed by atoms with Crippen LogP contribution in [0.15, 0.2) is 35.2 Å². The number of hydrogen-bond acceptors (Lipinski definition) is 5. The largest absolute Gasteiger partial charge is 0.493 e. The van der Waals surface area contributed by atoms with Gasteiger partial charge >= 0.3 is 0 Å². The molecule has 152 valence electrons. The summed E-state index contributed by atoms with van der Waals surface area (Å²) in [7, 11) is 1.54. The topological polar surface area (TPSA) is 55.8 Å². The number of methoxy groups -OCH3 is 1. The summed E-state index contributed by atoms with van der Waals surface area (Å²) < 4.78 is 12.2. The minimum absolute atomic E-state index is 0.247. The van der Waals surface area contributed by atoms with Crippen LogP contribution in [0.2, 0.25) is 10.0 Å². The van der Waals surface area contributed by atoms with E-state index in [0.29, 0.717) is 33.0 Å². The number of ether oxygens (including phenoxy) is 2. The highest BCUT2D eigenvalue weighted by Crippen LogP contribution is 2.38. The number of amides is 2. The third-order valence-electron chi connectivity index (χ3n) is 4.13. The third kappa shape index (κ3) is 5.02. The van der Waals surface area contributed by atoms with E-state index in [1.165, 1.54) is 4.90 Å². The molecule has 0 atom stereocenters. The molecule has 1 aliphatic heterocycles. The van der Waals surface area contributed by atoms with Crippen molar-refractivity contribution in [3.8, 4) is 11.5 Å². The number of halogens is 3. The van der Waals surface area contributed by atoms with E-state index in [2.05, 4.69) is 22.6 Å². The summed E-state index contributed by atoms with van der Waals surface area (Å²) in [4.78, 5) is 25.8. The molecule has 0 unspecified atom stereocenters. The van der Waals surface area contributed by atoms with Gasteiger partial charge in [-0.3, -0.25) is 14.5 Å². The second kappa shape index (κ2) is 9.59. The quantitative estimate of drug-likeness (QED) is 0.307. The van der Waals surface area contributed by atoms with Crippen molar-refractivity contribution in [2.24, 2.45) is 0 Å². The van der Waals surface area contributed by atoms with Crippen LogP contribution < -0.4 is 9.47 Å². The molecule has 2 aromatic rings. The van der Waals surface area contributed by atoms with Crippen LogP contribution in [0.3, 0.4) is 0 Å². The number of nitrogens with zero attached hydrogens (tertiary/aromatic N) is 1. The van der Waals surface area contributed by atoms with Crippen LogP contribution in [0.25, 0.3) is 6.08 Å². The molecule has 0 aromatic heterocycles. The predicted octanol–water partition coefficient (Wildman–Crippen LogP) is 6.24. The lowest BCUT2D eigenvalue weighted by molar-refractivity contribution is -0.122. The summed E-state index contributed by atoms with van der Waals surface area (Å²) in [5.74, 6) is 0.801. The maximum Gasteiger partial charge on any atom is 0.293 e. The number of thioether (sulfide) groups is 1. The summed E-state index contributed by atoms with van der Waals surface area (Å²) in [5.41, 5.74) is 1.54. The van der Waals surface area contributed by atoms with Crippen LogP contribution in [-0.2, 0) is 11.4 Å². The van der Waals surface area contributed by atoms with E-state index >= 15 is 0 Å². The molecule has 0 radical (unpaired) electrons. The summed E-state index contributed by atoms with van der Waals surface area (Å²) in [6, 6.07) is 8.85. The smallest absolute Gasteiger partial charge is 0.293 e. The van der Waals surface area contributed by atoms with Gasteiger partial charge in [-0.1, -0.05) is 29.3 Å². The van der Waals surface area contributed by atoms with Gasteiger partial charge in [0.1, 0.15) is 6.61 Å². The van der Waals surface area contributed by atoms with Crippen molar-refractivity contribution in [2.45, 2.75) is 13.5 Å². The lowest BCUT2D eigenvalue weighted by Crippen LogP contribution is -2.27. The summed E-state index contributed by atoms with van der Waals surface area (Å²) in [5, 5.41) is 0.822. The van der Waals surface area contributed by atoms with Gasteiger partial charge in [0.2, 0.25) is 0 Å². The van der Waals surface area contributed by atoms with Crippen molar-refractivity contribution in [2.75, 3.05) is 13.7 Å². The Labute approximate surface area is 196 Å². The van der Waals surface area contributed by atoms with Gasteiger partial charge in [0, 0.05) is 22.2 Å². The van der Waals surface area contributed by atoms with E-state index in [4.69, 9.17) is 32.7 Å². The Kier molecular flexibility index (Phi) is 7.37. The number of hydrogen-bond donors (Lipinski definition) is 0. The summed E-state index contributed by atoms with van der Waals surface area (Å²) in [6.45, 7) is 2.37. The molecule has 0 bridgehead atoms. The van der Waals surface area contributed by atoms with Gasteiger partial charge in [-0.2, -0.15) is 0 Å². The van der Waals surface area contributed by atoms with Gasteiger partial charge < -0.3 is 9.47 Å². The van der Waals surface area contributed by atoms with Gasteiger partial charge in [0.05, 0.1) is 15.6 Å². The molecule has 1 fully saturated rings. The Balaban J connectivity index is 1.85. The lowest BCUT2D eigenvalue weighted by atomic mass is 10.1. The molecule has 5 nitrogen and oxygen atoms in total. The first-order valence-corrected chi connectivity index (χ1v) is 11.2. The molecular weight excluding hydrogens is 548 g/mol. The van der Waals surface area contributed by atoms with Crippen LogP contribution in [0, 0.1) is 3.57 Å². The van der Waals surface area contributed by atoms with Crippen LogP contribution in [-0.4, -0.2) is 29.7 Å². The fourth-order valence-electron chi connectivity index (χ4n) is 2.68. The van der Waals surface area contributed by atoms with Crippen molar-refractivity contribution in [3.05, 3.63) is 60.0 Å². The highest BCUT2D eigenvalue weighted by molar-refractivity contribution is 14.1. The second-order valence-electron chi connectivity index (χ2n) is 5.98. The Hall–Kier alpha value is -1.42. The molecule has 1 aliphatic rings. The SMILES string of the molecule is CCN1C(=O)S/C(=C/c2cc(I)c(OCc3ccc(Cl)cc3Cl)c(OC)c2)C1=O. The van der Waals surface area contributed by atoms with Gasteiger partial charge in [0.15, 0.2) is 11.5 Å². The number of imide groups is 1. The average molecular weight is 564 g/mol. The van der Waals surface area contributed by atoms with Crippen molar-refractivity contribution in [3.63, 3.8) is 0 Å². The molecule has 0 saturated carbocycles. The molecule has 2 aromatic carbocycles. The zero-order valence-corrected chi connectivity index (χ0v) is 20.0. The number of likely N-dealkylation sites (N-methyl/N-ethyl adjacent to an activating group) is 1. The number of carbonyl (C=O) groups is 2. The van der Waals surface area contributed by atoms with Gasteiger partial charge in [0.25, 0.3) is 11.1 Å². The Morgan fingerprint density at radius 2 is 1.97 bits per heavy atom. The molecule has 29 heavy (non-hydrogen) atoms. The first-order valence-electron chi connectivity index (χ1n) is 8.53. The van der Waals surface area contributed by atoms with Crippen molar-refractivity contribution in [1.82, 2.24) is 4.90 Å². The highest BCUT2D eigenvalue weighted by Gasteiger charge is 2.33. The molecule has 0 spiro atoms. The third-order valence-corrected chi connectivity index (χ3v) is 6.42. The molecule has 2 amide bonds. The van der Waals surface area contributed by atoms with E-state index in [-0.39, 0.29) is 17.8 Å². The van der Waals surface area contributed by atoms with E-state index in [9.17, 15) is 9.59 Å². The Morgan fingerprint density at radius 1 is 1.21 bits per heavy atom. The standard InChI is InChI=1S/C20H16Cl2INO4S/c1-3-24-19(25)17(29-20(24)26)8-11-6-15(23)18(16(7-11)27-2)28-10-12-4-5-13(21)9-14(12)22/h4-9H,3,10H2,1-2H3/b17-8+. The first-order chi connectivity index (χ1) is 13.8. The normalized spacial score (nSPS) is 15.3. The fourth-order valence-corrected chi connectivity index (χ4v) is 4.82. The van der Waals surface area contributed by atoms with E-state index in [0.717, 1.165) is 26.5 Å². The summed E-state index contributed by atoms with van der Waals surface area (Å²) >= 11 is 15.2. The van der Waals surface area contributed by atoms with Crippen LogP contribution in [0.4, 0.5) is 4.79 Å². The zero-order valence-electron chi connectivity index (χ0n) is 15.5. The minimum atomic E-state index is -0.283. The Bertz CT molecular complexity index is 1010. The van der Waals surface area contributed by atoms with E-state index in [1.807, 2.05) is 12.1 Å². The molecule has 9 heteroatoms. The Morgan fingerprint density at radius 3 is 2.59 bits per heavy atom. The predicted molar refractivity (Wildman–Crippen MR) is 125 cm³/mol. The monoisotopic (exact) mass is 563 g/mol. The van der Waals surface area contributed by atoms with Gasteiger partial charge in [-0.05, 0) is 77.2 Å². The second-order valence-corrected chi connectivity index (χ2v) is 8.98. The van der Waals surface area contributed by atoms with Crippen LogP contribution in [0.5, 0.6) is 11.5 Å². The molecule has 0 N–H and O–H groups in total. The molecule has 3 rings (SSSR count). The van der Waals surface area contributed by atoms with Crippen molar-refractivity contribution >= 4 is 74.8 Å². The number of carbonyl (C=O) groups excluding carboxylic acids is 2. The highest BCUT2D eigenvalue weighted by atomic mass is 127. The average Bonchev–Trinajstić information content (AvgIpc) is 2.94. The number of benzene rings is 2. The van der Waals surface area contributed by atoms with Crippen molar-refractivity contribution < 1.29 is 19.1 Å². The zero-order chi connectivity index (χ0) is 21.1. The molecule has 1 heterocycles. The van der Waals surface area contributed by atoms with Gasteiger partial charge in [-0.25, -0.2) is 0 Å². The van der Waals surface area contributed by atoms with Gasteiger partial charge in [-0.15, -0.1) is 0 Å². The first kappa shape index (κ1) is 22.3. The van der Waals surface area contributed by atoms with Crippen LogP contribution in [0.1, 0.15) is 18.1 Å². The fraction of sp³-hybridized carbons (Fsp3) is 0.200.